The second-order valence-electron chi connectivity index (χ2n) is 5.95. The van der Waals surface area contributed by atoms with Crippen LogP contribution in [0.4, 0.5) is 5.82 Å². The van der Waals surface area contributed by atoms with Crippen LogP contribution in [0, 0.1) is 6.92 Å². The van der Waals surface area contributed by atoms with E-state index in [0.717, 1.165) is 56.2 Å². The molecule has 2 aliphatic rings. The molecule has 1 unspecified atom stereocenters. The Hall–Kier alpha value is -1.69. The molecule has 2 aliphatic heterocycles. The van der Waals surface area contributed by atoms with Crippen molar-refractivity contribution in [1.82, 2.24) is 20.2 Å². The van der Waals surface area contributed by atoms with Crippen LogP contribution in [0.3, 0.4) is 0 Å². The molecule has 3 rings (SSSR count). The summed E-state index contributed by atoms with van der Waals surface area (Å²) in [5, 5.41) is 6.96. The van der Waals surface area contributed by atoms with Crippen molar-refractivity contribution < 1.29 is 4.79 Å². The molecule has 6 nitrogen and oxygen atoms in total. The highest BCUT2D eigenvalue weighted by Gasteiger charge is 2.24. The van der Waals surface area contributed by atoms with E-state index in [1.807, 2.05) is 14.0 Å². The first-order valence-electron chi connectivity index (χ1n) is 7.71. The Morgan fingerprint density at radius 2 is 2.05 bits per heavy atom. The van der Waals surface area contributed by atoms with Crippen LogP contribution in [0.15, 0.2) is 0 Å². The van der Waals surface area contributed by atoms with Gasteiger partial charge in [-0.25, -0.2) is 9.97 Å². The van der Waals surface area contributed by atoms with Crippen molar-refractivity contribution in [3.05, 3.63) is 17.1 Å². The highest BCUT2D eigenvalue weighted by atomic mass is 16.2. The first kappa shape index (κ1) is 14.3. The Balaban J connectivity index is 1.81. The molecular formula is C15H23N5O. The number of amides is 1. The normalized spacial score (nSPS) is 22.7. The van der Waals surface area contributed by atoms with Gasteiger partial charge in [-0.15, -0.1) is 0 Å². The van der Waals surface area contributed by atoms with E-state index >= 15 is 0 Å². The number of carbonyl (C=O) groups excluding carboxylic acids is 1. The summed E-state index contributed by atoms with van der Waals surface area (Å²) in [5.41, 5.74) is 2.40. The standard InChI is InChI=1S/C15H23N5O/c1-10-17-13-6-8-16-7-5-12(13)15(18-10)19-11-3-4-14(21)20(2)9-11/h11,16H,3-9H2,1-2H3,(H,17,18,19). The van der Waals surface area contributed by atoms with Gasteiger partial charge in [0.25, 0.3) is 0 Å². The Morgan fingerprint density at radius 1 is 1.24 bits per heavy atom. The van der Waals surface area contributed by atoms with Crippen molar-refractivity contribution >= 4 is 11.7 Å². The summed E-state index contributed by atoms with van der Waals surface area (Å²) in [4.78, 5) is 22.6. The van der Waals surface area contributed by atoms with Crippen LogP contribution >= 0.6 is 0 Å². The van der Waals surface area contributed by atoms with Crippen LogP contribution in [-0.2, 0) is 17.6 Å². The first-order chi connectivity index (χ1) is 10.1. The summed E-state index contributed by atoms with van der Waals surface area (Å²) in [6.45, 7) is 4.63. The summed E-state index contributed by atoms with van der Waals surface area (Å²) in [7, 11) is 1.87. The van der Waals surface area contributed by atoms with Crippen LogP contribution in [0.1, 0.15) is 29.9 Å². The summed E-state index contributed by atoms with van der Waals surface area (Å²) < 4.78 is 0. The van der Waals surface area contributed by atoms with Gasteiger partial charge in [-0.3, -0.25) is 4.79 Å². The fourth-order valence-electron chi connectivity index (χ4n) is 3.11. The highest BCUT2D eigenvalue weighted by molar-refractivity contribution is 5.77. The van der Waals surface area contributed by atoms with E-state index in [2.05, 4.69) is 20.6 Å². The van der Waals surface area contributed by atoms with Gasteiger partial charge >= 0.3 is 0 Å². The first-order valence-corrected chi connectivity index (χ1v) is 7.71. The minimum atomic E-state index is 0.231. The Morgan fingerprint density at radius 3 is 2.86 bits per heavy atom. The Bertz CT molecular complexity index is 545. The topological polar surface area (TPSA) is 70.2 Å². The van der Waals surface area contributed by atoms with E-state index in [0.29, 0.717) is 6.42 Å². The number of fused-ring (bicyclic) bond motifs is 1. The van der Waals surface area contributed by atoms with Crippen molar-refractivity contribution in [3.63, 3.8) is 0 Å². The maximum atomic E-state index is 11.6. The van der Waals surface area contributed by atoms with E-state index in [4.69, 9.17) is 0 Å². The zero-order chi connectivity index (χ0) is 14.8. The van der Waals surface area contributed by atoms with Crippen molar-refractivity contribution in [2.24, 2.45) is 0 Å². The molecule has 1 aromatic rings. The largest absolute Gasteiger partial charge is 0.365 e. The molecule has 0 saturated carbocycles. The molecule has 6 heteroatoms. The number of aromatic nitrogens is 2. The number of likely N-dealkylation sites (N-methyl/N-ethyl adjacent to an activating group) is 1. The zero-order valence-electron chi connectivity index (χ0n) is 12.8. The van der Waals surface area contributed by atoms with Crippen molar-refractivity contribution in [2.75, 3.05) is 32.0 Å². The number of piperidine rings is 1. The summed E-state index contributed by atoms with van der Waals surface area (Å²) in [6.07, 6.45) is 3.40. The number of anilines is 1. The lowest BCUT2D eigenvalue weighted by Gasteiger charge is -2.31. The lowest BCUT2D eigenvalue weighted by Crippen LogP contribution is -2.43. The number of carbonyl (C=O) groups is 1. The van der Waals surface area contributed by atoms with E-state index < -0.39 is 0 Å². The van der Waals surface area contributed by atoms with E-state index in [9.17, 15) is 4.79 Å². The molecule has 0 spiro atoms. The van der Waals surface area contributed by atoms with Gasteiger partial charge in [0.1, 0.15) is 11.6 Å². The monoisotopic (exact) mass is 289 g/mol. The summed E-state index contributed by atoms with van der Waals surface area (Å²) in [6, 6.07) is 0.280. The molecule has 1 amide bonds. The lowest BCUT2D eigenvalue weighted by molar-refractivity contribution is -0.132. The van der Waals surface area contributed by atoms with Gasteiger partial charge in [-0.2, -0.15) is 0 Å². The highest BCUT2D eigenvalue weighted by Crippen LogP contribution is 2.22. The van der Waals surface area contributed by atoms with Crippen molar-refractivity contribution in [1.29, 1.82) is 0 Å². The van der Waals surface area contributed by atoms with E-state index in [1.165, 1.54) is 5.56 Å². The average molecular weight is 289 g/mol. The van der Waals surface area contributed by atoms with Crippen molar-refractivity contribution in [3.8, 4) is 0 Å². The zero-order valence-corrected chi connectivity index (χ0v) is 12.8. The average Bonchev–Trinajstić information content (AvgIpc) is 2.68. The molecule has 0 radical (unpaired) electrons. The number of rotatable bonds is 2. The minimum Gasteiger partial charge on any atom is -0.365 e. The second kappa shape index (κ2) is 5.97. The number of nitrogens with zero attached hydrogens (tertiary/aromatic N) is 3. The second-order valence-corrected chi connectivity index (χ2v) is 5.95. The molecule has 1 fully saturated rings. The smallest absolute Gasteiger partial charge is 0.222 e. The predicted molar refractivity (Wildman–Crippen MR) is 81.3 cm³/mol. The minimum absolute atomic E-state index is 0.231. The van der Waals surface area contributed by atoms with Gasteiger partial charge in [-0.1, -0.05) is 0 Å². The molecule has 2 N–H and O–H groups in total. The third-order valence-corrected chi connectivity index (χ3v) is 4.26. The van der Waals surface area contributed by atoms with Gasteiger partial charge in [0.2, 0.25) is 5.91 Å². The number of hydrogen-bond acceptors (Lipinski definition) is 5. The molecule has 21 heavy (non-hydrogen) atoms. The fourth-order valence-corrected chi connectivity index (χ4v) is 3.11. The SMILES string of the molecule is Cc1nc2c(c(NC3CCC(=O)N(C)C3)n1)CCNCC2. The van der Waals surface area contributed by atoms with Crippen molar-refractivity contribution in [2.45, 2.75) is 38.6 Å². The van der Waals surface area contributed by atoms with Gasteiger partial charge in [0.15, 0.2) is 0 Å². The quantitative estimate of drug-likeness (QED) is 0.830. The van der Waals surface area contributed by atoms with E-state index in [1.54, 1.807) is 4.90 Å². The van der Waals surface area contributed by atoms with Crippen LogP contribution < -0.4 is 10.6 Å². The molecule has 0 aliphatic carbocycles. The van der Waals surface area contributed by atoms with Crippen LogP contribution in [0.2, 0.25) is 0 Å². The Labute approximate surface area is 125 Å². The maximum absolute atomic E-state index is 11.6. The number of aryl methyl sites for hydroxylation is 1. The van der Waals surface area contributed by atoms with Crippen LogP contribution in [0.25, 0.3) is 0 Å². The molecule has 1 aromatic heterocycles. The number of nitrogens with one attached hydrogen (secondary N) is 2. The van der Waals surface area contributed by atoms with Gasteiger partial charge in [-0.05, 0) is 26.3 Å². The molecule has 0 bridgehead atoms. The maximum Gasteiger partial charge on any atom is 0.222 e. The Kier molecular flexibility index (Phi) is 4.05. The number of likely N-dealkylation sites (tertiary alicyclic amines) is 1. The molecule has 114 valence electrons. The fraction of sp³-hybridized carbons (Fsp3) is 0.667. The molecule has 3 heterocycles. The predicted octanol–water partition coefficient (Wildman–Crippen LogP) is 0.506. The molecular weight excluding hydrogens is 266 g/mol. The summed E-state index contributed by atoms with van der Waals surface area (Å²) >= 11 is 0. The molecule has 0 aromatic carbocycles. The van der Waals surface area contributed by atoms with Gasteiger partial charge < -0.3 is 15.5 Å². The number of hydrogen-bond donors (Lipinski definition) is 2. The summed E-state index contributed by atoms with van der Waals surface area (Å²) in [5.74, 6) is 2.02. The van der Waals surface area contributed by atoms with Crippen LogP contribution in [0.5, 0.6) is 0 Å². The third-order valence-electron chi connectivity index (χ3n) is 4.26. The third kappa shape index (κ3) is 3.15. The molecule has 1 atom stereocenters. The van der Waals surface area contributed by atoms with Gasteiger partial charge in [0.05, 0.1) is 5.69 Å². The lowest BCUT2D eigenvalue weighted by atomic mass is 10.0. The molecule has 1 saturated heterocycles. The van der Waals surface area contributed by atoms with Crippen LogP contribution in [-0.4, -0.2) is 53.5 Å². The van der Waals surface area contributed by atoms with Gasteiger partial charge in [0, 0.05) is 44.6 Å². The van der Waals surface area contributed by atoms with E-state index in [-0.39, 0.29) is 11.9 Å².